The molecule has 0 bridgehead atoms. The highest BCUT2D eigenvalue weighted by Gasteiger charge is 2.48. The molecule has 4 rings (SSSR count). The van der Waals surface area contributed by atoms with Crippen LogP contribution in [0, 0.1) is 6.92 Å². The molecule has 1 heterocycles. The van der Waals surface area contributed by atoms with Crippen LogP contribution in [0.3, 0.4) is 0 Å². The van der Waals surface area contributed by atoms with E-state index in [2.05, 4.69) is 11.4 Å². The van der Waals surface area contributed by atoms with E-state index in [1.807, 2.05) is 66.4 Å². The molecule has 1 fully saturated rings. The Hall–Kier alpha value is -3.41. The fourth-order valence-corrected chi connectivity index (χ4v) is 5.50. The van der Waals surface area contributed by atoms with Crippen LogP contribution >= 0.6 is 0 Å². The van der Waals surface area contributed by atoms with Gasteiger partial charge in [-0.1, -0.05) is 59.7 Å². The van der Waals surface area contributed by atoms with Gasteiger partial charge < -0.3 is 15.1 Å². The third kappa shape index (κ3) is 6.48. The summed E-state index contributed by atoms with van der Waals surface area (Å²) in [5, 5.41) is 3.14. The lowest BCUT2D eigenvalue weighted by molar-refractivity contribution is -0.140. The first kappa shape index (κ1) is 26.6. The first-order chi connectivity index (χ1) is 17.9. The van der Waals surface area contributed by atoms with Gasteiger partial charge in [0.05, 0.1) is 0 Å². The predicted octanol–water partition coefficient (Wildman–Crippen LogP) is 5.03. The van der Waals surface area contributed by atoms with Crippen molar-refractivity contribution in [3.8, 4) is 0 Å². The van der Waals surface area contributed by atoms with Crippen molar-refractivity contribution in [3.05, 3.63) is 82.9 Å². The smallest absolute Gasteiger partial charge is 0.254 e. The Kier molecular flexibility index (Phi) is 8.80. The van der Waals surface area contributed by atoms with Crippen LogP contribution < -0.4 is 5.32 Å². The maximum atomic E-state index is 14.1. The van der Waals surface area contributed by atoms with Gasteiger partial charge in [0.25, 0.3) is 5.91 Å². The van der Waals surface area contributed by atoms with E-state index in [1.54, 1.807) is 11.8 Å². The zero-order valence-electron chi connectivity index (χ0n) is 22.2. The summed E-state index contributed by atoms with van der Waals surface area (Å²) < 4.78 is 0. The van der Waals surface area contributed by atoms with Gasteiger partial charge >= 0.3 is 0 Å². The third-order valence-corrected chi connectivity index (χ3v) is 7.86. The summed E-state index contributed by atoms with van der Waals surface area (Å²) in [7, 11) is 0. The van der Waals surface area contributed by atoms with E-state index < -0.39 is 5.54 Å². The second-order valence-corrected chi connectivity index (χ2v) is 10.4. The van der Waals surface area contributed by atoms with Crippen molar-refractivity contribution in [3.63, 3.8) is 0 Å². The minimum Gasteiger partial charge on any atom is -0.350 e. The average molecular weight is 502 g/mol. The van der Waals surface area contributed by atoms with E-state index in [-0.39, 0.29) is 17.7 Å². The molecule has 0 unspecified atom stereocenters. The minimum absolute atomic E-state index is 0.00191. The molecule has 196 valence electrons. The van der Waals surface area contributed by atoms with Crippen LogP contribution in [0.15, 0.2) is 66.2 Å². The number of carbonyl (C=O) groups is 3. The number of nitrogens with one attached hydrogen (secondary N) is 1. The third-order valence-electron chi connectivity index (χ3n) is 7.86. The average Bonchev–Trinajstić information content (AvgIpc) is 2.93. The number of hydrogen-bond acceptors (Lipinski definition) is 3. The van der Waals surface area contributed by atoms with Crippen LogP contribution in [0.5, 0.6) is 0 Å². The number of carbonyl (C=O) groups excluding carboxylic acids is 3. The van der Waals surface area contributed by atoms with Gasteiger partial charge in [-0.3, -0.25) is 14.4 Å². The zero-order valence-corrected chi connectivity index (χ0v) is 22.2. The van der Waals surface area contributed by atoms with Gasteiger partial charge in [0.1, 0.15) is 5.54 Å². The second kappa shape index (κ2) is 12.2. The van der Waals surface area contributed by atoms with Crippen molar-refractivity contribution in [1.29, 1.82) is 0 Å². The molecular formula is C31H39N3O3. The molecule has 1 aliphatic carbocycles. The minimum atomic E-state index is -1.02. The molecule has 0 spiro atoms. The Balaban J connectivity index is 1.66. The summed E-state index contributed by atoms with van der Waals surface area (Å²) in [6, 6.07) is 17.4. The van der Waals surface area contributed by atoms with Crippen LogP contribution in [0.2, 0.25) is 0 Å². The predicted molar refractivity (Wildman–Crippen MR) is 146 cm³/mol. The van der Waals surface area contributed by atoms with Crippen LogP contribution in [0.25, 0.3) is 0 Å². The van der Waals surface area contributed by atoms with E-state index in [1.165, 1.54) is 18.4 Å². The van der Waals surface area contributed by atoms with Crippen molar-refractivity contribution in [2.24, 2.45) is 0 Å². The Labute approximate surface area is 220 Å². The molecule has 6 heteroatoms. The summed E-state index contributed by atoms with van der Waals surface area (Å²) in [4.78, 5) is 43.8. The Morgan fingerprint density at radius 3 is 2.30 bits per heavy atom. The molecule has 1 N–H and O–H groups in total. The number of hydrogen-bond donors (Lipinski definition) is 1. The molecule has 37 heavy (non-hydrogen) atoms. The van der Waals surface area contributed by atoms with Gasteiger partial charge in [0, 0.05) is 38.7 Å². The lowest BCUT2D eigenvalue weighted by Crippen LogP contribution is -2.65. The SMILES string of the molecule is CC(=O)N1CCC(C(=O)NCc2ccccc2)(N(CCC2=CCCCC2)C(=O)c2ccc(C)cc2)CC1. The molecule has 2 aromatic carbocycles. The van der Waals surface area contributed by atoms with Gasteiger partial charge in [-0.2, -0.15) is 0 Å². The number of piperidine rings is 1. The van der Waals surface area contributed by atoms with Crippen molar-refractivity contribution >= 4 is 17.7 Å². The number of rotatable bonds is 8. The van der Waals surface area contributed by atoms with Crippen LogP contribution in [0.1, 0.15) is 73.4 Å². The van der Waals surface area contributed by atoms with E-state index in [0.29, 0.717) is 44.6 Å². The van der Waals surface area contributed by atoms with Crippen LogP contribution in [-0.2, 0) is 16.1 Å². The van der Waals surface area contributed by atoms with Crippen molar-refractivity contribution in [2.45, 2.75) is 70.9 Å². The molecule has 0 aromatic heterocycles. The van der Waals surface area contributed by atoms with E-state index in [9.17, 15) is 14.4 Å². The second-order valence-electron chi connectivity index (χ2n) is 10.4. The highest BCUT2D eigenvalue weighted by atomic mass is 16.2. The Bertz CT molecular complexity index is 1120. The molecule has 2 aliphatic rings. The van der Waals surface area contributed by atoms with Gasteiger partial charge in [-0.05, 0) is 69.6 Å². The van der Waals surface area contributed by atoms with Crippen molar-refractivity contribution in [1.82, 2.24) is 15.1 Å². The van der Waals surface area contributed by atoms with E-state index >= 15 is 0 Å². The Morgan fingerprint density at radius 1 is 0.973 bits per heavy atom. The standard InChI is InChI=1S/C31H39N3O3/c1-24-13-15-28(16-14-24)29(36)34(20-17-26-9-5-3-6-10-26)31(18-21-33(22-19-31)25(2)35)30(37)32-23-27-11-7-4-8-12-27/h4,7-9,11-16H,3,5-6,10,17-23H2,1-2H3,(H,32,37). The lowest BCUT2D eigenvalue weighted by Gasteiger charge is -2.47. The van der Waals surface area contributed by atoms with Gasteiger partial charge in [-0.15, -0.1) is 0 Å². The monoisotopic (exact) mass is 501 g/mol. The number of benzene rings is 2. The molecule has 0 radical (unpaired) electrons. The van der Waals surface area contributed by atoms with Crippen LogP contribution in [0.4, 0.5) is 0 Å². The molecule has 2 aromatic rings. The summed E-state index contributed by atoms with van der Waals surface area (Å²) in [6.45, 7) is 5.35. The van der Waals surface area contributed by atoms with Gasteiger partial charge in [-0.25, -0.2) is 0 Å². The zero-order chi connectivity index (χ0) is 26.3. The largest absolute Gasteiger partial charge is 0.350 e. The molecule has 6 nitrogen and oxygen atoms in total. The lowest BCUT2D eigenvalue weighted by atomic mass is 9.83. The fraction of sp³-hybridized carbons (Fsp3) is 0.452. The first-order valence-electron chi connectivity index (χ1n) is 13.5. The molecule has 0 saturated carbocycles. The topological polar surface area (TPSA) is 69.7 Å². The number of likely N-dealkylation sites (tertiary alicyclic amines) is 1. The summed E-state index contributed by atoms with van der Waals surface area (Å²) in [5.74, 6) is -0.262. The maximum absolute atomic E-state index is 14.1. The number of aryl methyl sites for hydroxylation is 1. The fourth-order valence-electron chi connectivity index (χ4n) is 5.50. The summed E-state index contributed by atoms with van der Waals surface area (Å²) >= 11 is 0. The summed E-state index contributed by atoms with van der Waals surface area (Å²) in [6.07, 6.45) is 8.43. The number of allylic oxidation sites excluding steroid dienone is 1. The van der Waals surface area contributed by atoms with Gasteiger partial charge in [0.2, 0.25) is 11.8 Å². The van der Waals surface area contributed by atoms with Gasteiger partial charge in [0.15, 0.2) is 0 Å². The molecule has 1 saturated heterocycles. The highest BCUT2D eigenvalue weighted by Crippen LogP contribution is 2.33. The maximum Gasteiger partial charge on any atom is 0.254 e. The van der Waals surface area contributed by atoms with E-state index in [4.69, 9.17) is 0 Å². The normalized spacial score (nSPS) is 17.0. The summed E-state index contributed by atoms with van der Waals surface area (Å²) in [5.41, 5.74) is 3.04. The highest BCUT2D eigenvalue weighted by molar-refractivity contribution is 5.99. The van der Waals surface area contributed by atoms with E-state index in [0.717, 1.165) is 30.4 Å². The molecular weight excluding hydrogens is 462 g/mol. The molecule has 0 atom stereocenters. The Morgan fingerprint density at radius 2 is 1.68 bits per heavy atom. The first-order valence-corrected chi connectivity index (χ1v) is 13.5. The quantitative estimate of drug-likeness (QED) is 0.516. The molecule has 3 amide bonds. The molecule has 1 aliphatic heterocycles. The van der Waals surface area contributed by atoms with Crippen molar-refractivity contribution < 1.29 is 14.4 Å². The van der Waals surface area contributed by atoms with Crippen LogP contribution in [-0.4, -0.2) is 52.7 Å². The van der Waals surface area contributed by atoms with Crippen molar-refractivity contribution in [2.75, 3.05) is 19.6 Å². The number of nitrogens with zero attached hydrogens (tertiary/aromatic N) is 2. The number of amides is 3.